The lowest BCUT2D eigenvalue weighted by molar-refractivity contribution is -0.114. The molecule has 0 bridgehead atoms. The number of aromatic nitrogens is 4. The van der Waals surface area contributed by atoms with E-state index in [0.717, 1.165) is 16.5 Å². The number of nitrogens with one attached hydrogen (secondary N) is 1. The summed E-state index contributed by atoms with van der Waals surface area (Å²) in [6.07, 6.45) is 3.64. The molecule has 0 spiro atoms. The van der Waals surface area contributed by atoms with E-state index in [4.69, 9.17) is 4.74 Å². The molecule has 0 aliphatic rings. The van der Waals surface area contributed by atoms with Crippen LogP contribution >= 0.6 is 0 Å². The molecule has 3 aromatic rings. The monoisotopic (exact) mass is 369 g/mol. The molecule has 0 aliphatic heterocycles. The van der Waals surface area contributed by atoms with Crippen LogP contribution in [0.4, 0.5) is 5.82 Å². The Balaban J connectivity index is 2.17. The third-order valence-electron chi connectivity index (χ3n) is 4.33. The average molecular weight is 369 g/mol. The first-order chi connectivity index (χ1) is 12.7. The fourth-order valence-corrected chi connectivity index (χ4v) is 3.13. The number of aryl methyl sites for hydroxylation is 1. The number of hydrogen-bond acceptors (Lipinski definition) is 5. The summed E-state index contributed by atoms with van der Waals surface area (Å²) in [5.41, 5.74) is 1.62. The summed E-state index contributed by atoms with van der Waals surface area (Å²) in [7, 11) is 3.51. The molecule has 27 heavy (non-hydrogen) atoms. The van der Waals surface area contributed by atoms with Crippen molar-refractivity contribution in [1.82, 2.24) is 19.3 Å². The first-order valence-corrected chi connectivity index (χ1v) is 8.56. The van der Waals surface area contributed by atoms with Crippen LogP contribution in [0, 0.1) is 0 Å². The fourth-order valence-electron chi connectivity index (χ4n) is 3.13. The maximum Gasteiger partial charge on any atom is 0.267 e. The van der Waals surface area contributed by atoms with E-state index in [1.54, 1.807) is 19.4 Å². The number of ether oxygens (including phenoxy) is 1. The zero-order chi connectivity index (χ0) is 19.8. The third kappa shape index (κ3) is 3.61. The minimum atomic E-state index is -0.588. The number of anilines is 1. The Hall–Kier alpha value is -3.00. The van der Waals surface area contributed by atoms with Gasteiger partial charge in [-0.05, 0) is 26.0 Å². The number of hydrogen-bond donors (Lipinski definition) is 1. The Morgan fingerprint density at radius 2 is 2.07 bits per heavy atom. The van der Waals surface area contributed by atoms with Crippen LogP contribution in [0.1, 0.15) is 20.8 Å². The maximum absolute atomic E-state index is 12.4. The lowest BCUT2D eigenvalue weighted by Gasteiger charge is -2.25. The van der Waals surface area contributed by atoms with Crippen LogP contribution in [0.2, 0.25) is 0 Å². The van der Waals surface area contributed by atoms with Crippen molar-refractivity contribution in [3.63, 3.8) is 0 Å². The Labute approximate surface area is 156 Å². The predicted octanol–water partition coefficient (Wildman–Crippen LogP) is 2.14. The smallest absolute Gasteiger partial charge is 0.267 e. The van der Waals surface area contributed by atoms with Gasteiger partial charge in [-0.1, -0.05) is 0 Å². The number of nitrogens with zero attached hydrogens (tertiary/aromatic N) is 4. The van der Waals surface area contributed by atoms with Crippen LogP contribution in [0.3, 0.4) is 0 Å². The molecule has 1 amide bonds. The van der Waals surface area contributed by atoms with Crippen LogP contribution in [0.25, 0.3) is 22.2 Å². The standard InChI is InChI=1S/C19H23N5O3/c1-12(25)21-17-8-13-14(10-23(4)16(13)9-20-17)15-6-7-18(26)24(22-15)19(2,3)11-27-5/h6-10H,11H2,1-5H3,(H,20,21,25). The summed E-state index contributed by atoms with van der Waals surface area (Å²) < 4.78 is 8.62. The van der Waals surface area contributed by atoms with Gasteiger partial charge in [-0.15, -0.1) is 0 Å². The van der Waals surface area contributed by atoms with Crippen molar-refractivity contribution in [2.24, 2.45) is 7.05 Å². The van der Waals surface area contributed by atoms with E-state index >= 15 is 0 Å². The van der Waals surface area contributed by atoms with Gasteiger partial charge in [0.2, 0.25) is 5.91 Å². The van der Waals surface area contributed by atoms with E-state index in [2.05, 4.69) is 15.4 Å². The molecule has 3 rings (SSSR count). The summed E-state index contributed by atoms with van der Waals surface area (Å²) in [4.78, 5) is 28.0. The van der Waals surface area contributed by atoms with Crippen molar-refractivity contribution in [1.29, 1.82) is 0 Å². The molecular weight excluding hydrogens is 346 g/mol. The van der Waals surface area contributed by atoms with Gasteiger partial charge in [-0.25, -0.2) is 9.67 Å². The van der Waals surface area contributed by atoms with Gasteiger partial charge >= 0.3 is 0 Å². The number of fused-ring (bicyclic) bond motifs is 1. The number of methoxy groups -OCH3 is 1. The van der Waals surface area contributed by atoms with Crippen molar-refractivity contribution in [2.75, 3.05) is 19.0 Å². The van der Waals surface area contributed by atoms with Crippen molar-refractivity contribution in [3.8, 4) is 11.3 Å². The van der Waals surface area contributed by atoms with Gasteiger partial charge in [0, 0.05) is 44.3 Å². The van der Waals surface area contributed by atoms with Crippen molar-refractivity contribution in [3.05, 3.63) is 40.9 Å². The first-order valence-electron chi connectivity index (χ1n) is 8.56. The van der Waals surface area contributed by atoms with Crippen molar-refractivity contribution in [2.45, 2.75) is 26.3 Å². The van der Waals surface area contributed by atoms with Gasteiger partial charge in [-0.2, -0.15) is 5.10 Å². The number of pyridine rings is 1. The Morgan fingerprint density at radius 3 is 2.74 bits per heavy atom. The SMILES string of the molecule is COCC(C)(C)n1nc(-c2cn(C)c3cnc(NC(C)=O)cc23)ccc1=O. The van der Waals surface area contributed by atoms with Gasteiger partial charge in [0.1, 0.15) is 5.82 Å². The lowest BCUT2D eigenvalue weighted by Crippen LogP contribution is -2.41. The Morgan fingerprint density at radius 1 is 1.33 bits per heavy atom. The van der Waals surface area contributed by atoms with Gasteiger partial charge in [0.25, 0.3) is 5.56 Å². The average Bonchev–Trinajstić information content (AvgIpc) is 2.91. The highest BCUT2D eigenvalue weighted by molar-refractivity contribution is 5.98. The Kier molecular flexibility index (Phi) is 4.84. The van der Waals surface area contributed by atoms with Crippen LogP contribution in [-0.4, -0.2) is 39.0 Å². The normalized spacial score (nSPS) is 11.7. The molecule has 1 N–H and O–H groups in total. The first kappa shape index (κ1) is 18.8. The van der Waals surface area contributed by atoms with E-state index in [0.29, 0.717) is 18.1 Å². The zero-order valence-corrected chi connectivity index (χ0v) is 16.1. The van der Waals surface area contributed by atoms with Crippen LogP contribution in [0.15, 0.2) is 35.4 Å². The molecule has 3 aromatic heterocycles. The minimum absolute atomic E-state index is 0.188. The third-order valence-corrected chi connectivity index (χ3v) is 4.33. The Bertz CT molecular complexity index is 1060. The summed E-state index contributed by atoms with van der Waals surface area (Å²) in [5, 5.41) is 8.17. The highest BCUT2D eigenvalue weighted by Gasteiger charge is 2.24. The quantitative estimate of drug-likeness (QED) is 0.744. The summed E-state index contributed by atoms with van der Waals surface area (Å²) in [5.74, 6) is 0.280. The minimum Gasteiger partial charge on any atom is -0.382 e. The molecule has 8 nitrogen and oxygen atoms in total. The van der Waals surface area contributed by atoms with E-state index in [9.17, 15) is 9.59 Å². The van der Waals surface area contributed by atoms with Crippen molar-refractivity contribution >= 4 is 22.6 Å². The maximum atomic E-state index is 12.4. The van der Waals surface area contributed by atoms with E-state index in [1.807, 2.05) is 37.7 Å². The molecule has 0 unspecified atom stereocenters. The largest absolute Gasteiger partial charge is 0.382 e. The van der Waals surface area contributed by atoms with E-state index in [1.165, 1.54) is 17.7 Å². The number of carbonyl (C=O) groups is 1. The summed E-state index contributed by atoms with van der Waals surface area (Å²) >= 11 is 0. The molecule has 3 heterocycles. The summed E-state index contributed by atoms with van der Waals surface area (Å²) in [6.45, 7) is 5.59. The number of carbonyl (C=O) groups excluding carboxylic acids is 1. The number of amides is 1. The summed E-state index contributed by atoms with van der Waals surface area (Å²) in [6, 6.07) is 5.02. The van der Waals surface area contributed by atoms with Crippen LogP contribution < -0.4 is 10.9 Å². The number of rotatable bonds is 5. The lowest BCUT2D eigenvalue weighted by atomic mass is 10.1. The van der Waals surface area contributed by atoms with E-state index < -0.39 is 5.54 Å². The highest BCUT2D eigenvalue weighted by Crippen LogP contribution is 2.30. The van der Waals surface area contributed by atoms with Gasteiger partial charge in [-0.3, -0.25) is 9.59 Å². The van der Waals surface area contributed by atoms with Crippen LogP contribution in [-0.2, 0) is 22.1 Å². The fraction of sp³-hybridized carbons (Fsp3) is 0.368. The molecule has 0 fully saturated rings. The molecule has 0 saturated heterocycles. The van der Waals surface area contributed by atoms with E-state index in [-0.39, 0.29) is 11.5 Å². The molecular formula is C19H23N5O3. The second kappa shape index (κ2) is 6.96. The second-order valence-corrected chi connectivity index (χ2v) is 7.14. The predicted molar refractivity (Wildman–Crippen MR) is 104 cm³/mol. The molecule has 0 atom stereocenters. The van der Waals surface area contributed by atoms with Crippen LogP contribution in [0.5, 0.6) is 0 Å². The highest BCUT2D eigenvalue weighted by atomic mass is 16.5. The molecule has 8 heteroatoms. The molecule has 0 aliphatic carbocycles. The second-order valence-electron chi connectivity index (χ2n) is 7.14. The van der Waals surface area contributed by atoms with Gasteiger partial charge in [0.05, 0.1) is 29.6 Å². The molecule has 142 valence electrons. The van der Waals surface area contributed by atoms with Crippen molar-refractivity contribution < 1.29 is 9.53 Å². The molecule has 0 saturated carbocycles. The van der Waals surface area contributed by atoms with Gasteiger partial charge < -0.3 is 14.6 Å². The zero-order valence-electron chi connectivity index (χ0n) is 16.1. The topological polar surface area (TPSA) is 91.0 Å². The van der Waals surface area contributed by atoms with Gasteiger partial charge in [0.15, 0.2) is 0 Å². The molecule has 0 radical (unpaired) electrons. The molecule has 0 aromatic carbocycles.